The normalized spacial score (nSPS) is 20.4. The fourth-order valence-corrected chi connectivity index (χ4v) is 5.10. The van der Waals surface area contributed by atoms with E-state index >= 15 is 0 Å². The maximum absolute atomic E-state index is 11.9. The Morgan fingerprint density at radius 1 is 0.854 bits per heavy atom. The first-order chi connectivity index (χ1) is 19.6. The van der Waals surface area contributed by atoms with E-state index in [1.807, 2.05) is 24.3 Å². The van der Waals surface area contributed by atoms with Gasteiger partial charge in [-0.15, -0.1) is 0 Å². The third kappa shape index (κ3) is 14.6. The van der Waals surface area contributed by atoms with Crippen molar-refractivity contribution in [2.75, 3.05) is 91.8 Å². The van der Waals surface area contributed by atoms with Gasteiger partial charge in [-0.1, -0.05) is 18.6 Å². The van der Waals surface area contributed by atoms with Crippen molar-refractivity contribution in [3.8, 4) is 5.75 Å². The minimum absolute atomic E-state index is 0.0219. The number of carbonyl (C=O) groups is 3. The Kier molecular flexibility index (Phi) is 15.6. The molecule has 0 amide bonds. The summed E-state index contributed by atoms with van der Waals surface area (Å²) in [6.45, 7) is 2.65. The summed E-state index contributed by atoms with van der Waals surface area (Å²) in [7, 11) is 0. The molecule has 1 aromatic rings. The van der Waals surface area contributed by atoms with Crippen LogP contribution in [0.5, 0.6) is 5.75 Å². The molecule has 6 N–H and O–H groups in total. The van der Waals surface area contributed by atoms with Crippen molar-refractivity contribution >= 4 is 17.9 Å². The van der Waals surface area contributed by atoms with Gasteiger partial charge in [0, 0.05) is 45.9 Å². The number of hydrogen-bond donors (Lipinski definition) is 6. The fraction of sp³-hybridized carbons (Fsp3) is 0.679. The van der Waals surface area contributed by atoms with Gasteiger partial charge in [0.1, 0.15) is 25.0 Å². The lowest BCUT2D eigenvalue weighted by Crippen LogP contribution is -2.61. The van der Waals surface area contributed by atoms with E-state index in [-0.39, 0.29) is 50.4 Å². The van der Waals surface area contributed by atoms with E-state index in [0.717, 1.165) is 31.2 Å². The van der Waals surface area contributed by atoms with Crippen LogP contribution in [0.25, 0.3) is 0 Å². The van der Waals surface area contributed by atoms with Crippen LogP contribution in [0.2, 0.25) is 0 Å². The van der Waals surface area contributed by atoms with Crippen LogP contribution in [-0.4, -0.2) is 156 Å². The Morgan fingerprint density at radius 3 is 2.12 bits per heavy atom. The van der Waals surface area contributed by atoms with Crippen LogP contribution in [0.15, 0.2) is 24.3 Å². The van der Waals surface area contributed by atoms with Gasteiger partial charge in [0.2, 0.25) is 0 Å². The van der Waals surface area contributed by atoms with Crippen molar-refractivity contribution in [2.24, 2.45) is 0 Å². The molecule has 0 radical (unpaired) electrons. The SMILES string of the molecule is O=C(O)CN1CCNCC[N+](CC(=O)O)(CC(O)COc2ccc(CCCCCO)cc2)CCN(CC(=O)O)CC1. The predicted octanol–water partition coefficient (Wildman–Crippen LogP) is -0.591. The molecule has 2 rings (SSSR count). The minimum Gasteiger partial charge on any atom is -0.491 e. The summed E-state index contributed by atoms with van der Waals surface area (Å²) in [5, 5.41) is 51.5. The molecule has 1 aliphatic heterocycles. The van der Waals surface area contributed by atoms with Crippen LogP contribution < -0.4 is 10.1 Å². The number of carboxylic acid groups (broad SMARTS) is 3. The summed E-state index contributed by atoms with van der Waals surface area (Å²) in [6, 6.07) is 7.62. The smallest absolute Gasteiger partial charge is 0.359 e. The Bertz CT molecular complexity index is 934. The van der Waals surface area contributed by atoms with E-state index in [2.05, 4.69) is 5.32 Å². The van der Waals surface area contributed by atoms with E-state index in [0.29, 0.717) is 51.6 Å². The highest BCUT2D eigenvalue weighted by atomic mass is 16.5. The van der Waals surface area contributed by atoms with Gasteiger partial charge < -0.3 is 40.1 Å². The minimum atomic E-state index is -1.02. The van der Waals surface area contributed by atoms with Gasteiger partial charge in [0.05, 0.1) is 26.2 Å². The molecule has 0 bridgehead atoms. The highest BCUT2D eigenvalue weighted by molar-refractivity contribution is 5.69. The maximum Gasteiger partial charge on any atom is 0.359 e. The van der Waals surface area contributed by atoms with Crippen LogP contribution in [0.3, 0.4) is 0 Å². The molecular formula is C28H47N4O9+. The van der Waals surface area contributed by atoms with Crippen LogP contribution in [0.4, 0.5) is 0 Å². The second-order valence-electron chi connectivity index (χ2n) is 10.8. The van der Waals surface area contributed by atoms with Gasteiger partial charge in [-0.25, -0.2) is 4.79 Å². The quantitative estimate of drug-likeness (QED) is 0.108. The molecule has 1 aromatic carbocycles. The summed E-state index contributed by atoms with van der Waals surface area (Å²) >= 11 is 0. The van der Waals surface area contributed by atoms with Crippen molar-refractivity contribution < 1.29 is 49.1 Å². The Morgan fingerprint density at radius 2 is 1.51 bits per heavy atom. The first kappa shape index (κ1) is 34.4. The number of hydrogen-bond acceptors (Lipinski definition) is 9. The average Bonchev–Trinajstić information content (AvgIpc) is 2.90. The maximum atomic E-state index is 11.9. The van der Waals surface area contributed by atoms with E-state index in [4.69, 9.17) is 9.84 Å². The summed E-state index contributed by atoms with van der Waals surface area (Å²) in [4.78, 5) is 38.1. The second kappa shape index (κ2) is 18.6. The Balaban J connectivity index is 2.05. The second-order valence-corrected chi connectivity index (χ2v) is 10.8. The number of nitrogens with zero attached hydrogens (tertiary/aromatic N) is 3. The van der Waals surface area contributed by atoms with E-state index in [1.165, 1.54) is 0 Å². The summed E-state index contributed by atoms with van der Waals surface area (Å²) < 4.78 is 5.85. The molecule has 2 unspecified atom stereocenters. The summed E-state index contributed by atoms with van der Waals surface area (Å²) in [5.41, 5.74) is 1.16. The van der Waals surface area contributed by atoms with Crippen molar-refractivity contribution in [2.45, 2.75) is 31.8 Å². The molecule has 1 aliphatic rings. The van der Waals surface area contributed by atoms with Crippen molar-refractivity contribution in [3.05, 3.63) is 29.8 Å². The van der Waals surface area contributed by atoms with Gasteiger partial charge >= 0.3 is 17.9 Å². The van der Waals surface area contributed by atoms with Gasteiger partial charge in [0.15, 0.2) is 6.54 Å². The monoisotopic (exact) mass is 583 g/mol. The van der Waals surface area contributed by atoms with Crippen LogP contribution in [0.1, 0.15) is 24.8 Å². The largest absolute Gasteiger partial charge is 0.491 e. The summed E-state index contributed by atoms with van der Waals surface area (Å²) in [6.07, 6.45) is 2.69. The molecule has 1 heterocycles. The molecule has 41 heavy (non-hydrogen) atoms. The van der Waals surface area contributed by atoms with E-state index in [1.54, 1.807) is 9.80 Å². The number of carboxylic acids is 3. The first-order valence-corrected chi connectivity index (χ1v) is 14.3. The number of unbranched alkanes of at least 4 members (excludes halogenated alkanes) is 2. The van der Waals surface area contributed by atoms with Crippen molar-refractivity contribution in [1.29, 1.82) is 0 Å². The lowest BCUT2D eigenvalue weighted by molar-refractivity contribution is -0.922. The third-order valence-corrected chi connectivity index (χ3v) is 7.27. The predicted molar refractivity (Wildman–Crippen MR) is 151 cm³/mol. The number of aliphatic hydroxyl groups is 2. The molecule has 1 saturated heterocycles. The first-order valence-electron chi connectivity index (χ1n) is 14.3. The molecular weight excluding hydrogens is 536 g/mol. The fourth-order valence-electron chi connectivity index (χ4n) is 5.10. The van der Waals surface area contributed by atoms with Crippen LogP contribution in [-0.2, 0) is 20.8 Å². The van der Waals surface area contributed by atoms with Crippen molar-refractivity contribution in [1.82, 2.24) is 15.1 Å². The van der Waals surface area contributed by atoms with Gasteiger partial charge in [-0.2, -0.15) is 0 Å². The zero-order chi connectivity index (χ0) is 30.1. The molecule has 1 fully saturated rings. The van der Waals surface area contributed by atoms with Crippen molar-refractivity contribution in [3.63, 3.8) is 0 Å². The van der Waals surface area contributed by atoms with Crippen LogP contribution in [0, 0.1) is 0 Å². The number of aliphatic carboxylic acids is 3. The highest BCUT2D eigenvalue weighted by Crippen LogP contribution is 2.16. The Hall–Kier alpha value is -2.81. The zero-order valence-electron chi connectivity index (χ0n) is 23.8. The van der Waals surface area contributed by atoms with E-state index in [9.17, 15) is 34.8 Å². The molecule has 13 heteroatoms. The number of ether oxygens (including phenoxy) is 1. The van der Waals surface area contributed by atoms with E-state index < -0.39 is 24.0 Å². The van der Waals surface area contributed by atoms with Crippen LogP contribution >= 0.6 is 0 Å². The molecule has 0 spiro atoms. The number of aryl methyl sites for hydroxylation is 1. The topological polar surface area (TPSA) is 180 Å². The molecule has 0 saturated carbocycles. The molecule has 2 atom stereocenters. The number of nitrogens with one attached hydrogen (secondary N) is 1. The number of rotatable bonds is 16. The summed E-state index contributed by atoms with van der Waals surface area (Å²) in [5.74, 6) is -2.40. The molecule has 232 valence electrons. The number of benzene rings is 1. The molecule has 0 aromatic heterocycles. The number of quaternary nitrogens is 1. The lowest BCUT2D eigenvalue weighted by Gasteiger charge is -2.40. The molecule has 13 nitrogen and oxygen atoms in total. The number of aliphatic hydroxyl groups excluding tert-OH is 2. The zero-order valence-corrected chi connectivity index (χ0v) is 23.8. The highest BCUT2D eigenvalue weighted by Gasteiger charge is 2.34. The van der Waals surface area contributed by atoms with Gasteiger partial charge in [-0.3, -0.25) is 19.4 Å². The Labute approximate surface area is 241 Å². The van der Waals surface area contributed by atoms with Gasteiger partial charge in [-0.05, 0) is 37.0 Å². The van der Waals surface area contributed by atoms with Gasteiger partial charge in [0.25, 0.3) is 0 Å². The third-order valence-electron chi connectivity index (χ3n) is 7.27. The average molecular weight is 584 g/mol. The lowest BCUT2D eigenvalue weighted by atomic mass is 10.1. The molecule has 0 aliphatic carbocycles. The standard InChI is InChI=1S/C28H46N4O9/c33-17-3-1-2-4-23-5-7-25(8-6-23)41-22-24(34)20-32(21-28(39)40)15-10-29-9-11-30(18-26(35)36)12-13-31(14-16-32)19-27(37)38/h5-8,24,29,33-34H,1-4,9-22H2,(H2-,35,36,37,38,39,40)/p+1.